The van der Waals surface area contributed by atoms with Gasteiger partial charge in [0.2, 0.25) is 0 Å². The van der Waals surface area contributed by atoms with Crippen molar-refractivity contribution in [2.75, 3.05) is 0 Å². The van der Waals surface area contributed by atoms with Crippen LogP contribution in [-0.2, 0) is 14.0 Å². The second-order valence-corrected chi connectivity index (χ2v) is 12.4. The maximum atomic E-state index is 11.0. The molecule has 19 heavy (non-hydrogen) atoms. The molecule has 0 saturated carbocycles. The standard InChI is InChI=1S/C15H30O3Si/c1-10(2)14(11(3)12-9-13(16)17-12)18-19(7,8)15(4,5)6/h10-12,14H,9H2,1-8H3/t11-,12+,14+/m0/s1. The smallest absolute Gasteiger partial charge is 0.309 e. The lowest BCUT2D eigenvalue weighted by atomic mass is 9.87. The fraction of sp³-hybridized carbons (Fsp3) is 0.933. The van der Waals surface area contributed by atoms with E-state index in [1.165, 1.54) is 0 Å². The average molecular weight is 286 g/mol. The van der Waals surface area contributed by atoms with Crippen molar-refractivity contribution in [3.63, 3.8) is 0 Å². The number of cyclic esters (lactones) is 1. The summed E-state index contributed by atoms with van der Waals surface area (Å²) in [4.78, 5) is 11.0. The van der Waals surface area contributed by atoms with Gasteiger partial charge in [0.1, 0.15) is 6.10 Å². The van der Waals surface area contributed by atoms with Crippen molar-refractivity contribution in [2.24, 2.45) is 11.8 Å². The Balaban J connectivity index is 2.76. The lowest BCUT2D eigenvalue weighted by Gasteiger charge is -2.44. The third-order valence-corrected chi connectivity index (χ3v) is 9.12. The summed E-state index contributed by atoms with van der Waals surface area (Å²) in [7, 11) is -1.79. The molecule has 0 N–H and O–H groups in total. The van der Waals surface area contributed by atoms with E-state index in [4.69, 9.17) is 9.16 Å². The highest BCUT2D eigenvalue weighted by atomic mass is 28.4. The lowest BCUT2D eigenvalue weighted by molar-refractivity contribution is -0.178. The predicted molar refractivity (Wildman–Crippen MR) is 80.6 cm³/mol. The number of esters is 1. The molecule has 1 heterocycles. The molecule has 1 rings (SSSR count). The molecule has 0 amide bonds. The van der Waals surface area contributed by atoms with Gasteiger partial charge >= 0.3 is 5.97 Å². The first-order chi connectivity index (χ1) is 8.45. The highest BCUT2D eigenvalue weighted by Gasteiger charge is 2.44. The number of rotatable bonds is 5. The molecule has 0 bridgehead atoms. The number of ether oxygens (including phenoxy) is 1. The van der Waals surface area contributed by atoms with Crippen molar-refractivity contribution in [1.82, 2.24) is 0 Å². The van der Waals surface area contributed by atoms with E-state index in [1.807, 2.05) is 0 Å². The molecule has 3 atom stereocenters. The van der Waals surface area contributed by atoms with Gasteiger partial charge in [0, 0.05) is 5.92 Å². The molecule has 0 aliphatic carbocycles. The lowest BCUT2D eigenvalue weighted by Crippen LogP contribution is -2.51. The van der Waals surface area contributed by atoms with E-state index in [1.54, 1.807) is 0 Å². The minimum atomic E-state index is -1.79. The average Bonchev–Trinajstić information content (AvgIpc) is 2.18. The van der Waals surface area contributed by atoms with Gasteiger partial charge in [-0.25, -0.2) is 0 Å². The molecule has 3 nitrogen and oxygen atoms in total. The highest BCUT2D eigenvalue weighted by molar-refractivity contribution is 6.74. The molecule has 0 radical (unpaired) electrons. The van der Waals surface area contributed by atoms with Crippen molar-refractivity contribution in [3.8, 4) is 0 Å². The van der Waals surface area contributed by atoms with Gasteiger partial charge in [-0.1, -0.05) is 41.5 Å². The molecule has 0 aromatic carbocycles. The first kappa shape index (κ1) is 16.7. The Bertz CT molecular complexity index is 323. The molecule has 4 heteroatoms. The van der Waals surface area contributed by atoms with Crippen LogP contribution < -0.4 is 0 Å². The number of carbonyl (C=O) groups is 1. The van der Waals surface area contributed by atoms with Crippen LogP contribution in [0.1, 0.15) is 48.0 Å². The van der Waals surface area contributed by atoms with E-state index in [2.05, 4.69) is 54.6 Å². The first-order valence-electron chi connectivity index (χ1n) is 7.33. The second kappa shape index (κ2) is 5.56. The van der Waals surface area contributed by atoms with Crippen molar-refractivity contribution in [1.29, 1.82) is 0 Å². The zero-order valence-corrected chi connectivity index (χ0v) is 14.7. The molecule has 112 valence electrons. The zero-order valence-electron chi connectivity index (χ0n) is 13.7. The van der Waals surface area contributed by atoms with Crippen molar-refractivity contribution in [2.45, 2.75) is 78.3 Å². The Morgan fingerprint density at radius 1 is 1.26 bits per heavy atom. The minimum Gasteiger partial charge on any atom is -0.461 e. The Morgan fingerprint density at radius 3 is 2.05 bits per heavy atom. The van der Waals surface area contributed by atoms with Gasteiger partial charge in [-0.2, -0.15) is 0 Å². The molecule has 1 fully saturated rings. The summed E-state index contributed by atoms with van der Waals surface area (Å²) in [6, 6.07) is 0. The van der Waals surface area contributed by atoms with Crippen LogP contribution in [0.25, 0.3) is 0 Å². The quantitative estimate of drug-likeness (QED) is 0.566. The number of hydrogen-bond acceptors (Lipinski definition) is 3. The predicted octanol–water partition coefficient (Wildman–Crippen LogP) is 3.98. The molecule has 0 spiro atoms. The monoisotopic (exact) mass is 286 g/mol. The third-order valence-electron chi connectivity index (χ3n) is 4.65. The molecule has 1 aliphatic rings. The van der Waals surface area contributed by atoms with E-state index in [9.17, 15) is 4.79 Å². The fourth-order valence-corrected chi connectivity index (χ4v) is 3.72. The molecule has 0 aromatic heterocycles. The first-order valence-corrected chi connectivity index (χ1v) is 10.2. The Kier molecular flexibility index (Phi) is 4.89. The fourth-order valence-electron chi connectivity index (χ4n) is 2.20. The Hall–Kier alpha value is -0.353. The minimum absolute atomic E-state index is 0.0460. The largest absolute Gasteiger partial charge is 0.461 e. The number of carbonyl (C=O) groups excluding carboxylic acids is 1. The van der Waals surface area contributed by atoms with Crippen LogP contribution in [0, 0.1) is 11.8 Å². The SMILES string of the molecule is CC(C)[C@@H](O[Si](C)(C)C(C)(C)C)[C@@H](C)[C@H]1CC(=O)O1. The maximum absolute atomic E-state index is 11.0. The molecule has 1 saturated heterocycles. The van der Waals surface area contributed by atoms with Crippen LogP contribution in [0.15, 0.2) is 0 Å². The van der Waals surface area contributed by atoms with Gasteiger partial charge < -0.3 is 9.16 Å². The van der Waals surface area contributed by atoms with Gasteiger partial charge in [0.15, 0.2) is 8.32 Å². The van der Waals surface area contributed by atoms with Gasteiger partial charge in [0.05, 0.1) is 12.5 Å². The molecule has 0 aromatic rings. The van der Waals surface area contributed by atoms with Crippen LogP contribution in [-0.4, -0.2) is 26.5 Å². The van der Waals surface area contributed by atoms with Crippen LogP contribution in [0.5, 0.6) is 0 Å². The van der Waals surface area contributed by atoms with Crippen molar-refractivity contribution < 1.29 is 14.0 Å². The van der Waals surface area contributed by atoms with Crippen molar-refractivity contribution in [3.05, 3.63) is 0 Å². The van der Waals surface area contributed by atoms with Gasteiger partial charge in [-0.15, -0.1) is 0 Å². The van der Waals surface area contributed by atoms with Gasteiger partial charge in [0.25, 0.3) is 0 Å². The number of hydrogen-bond donors (Lipinski definition) is 0. The molecular formula is C15H30O3Si. The van der Waals surface area contributed by atoms with E-state index in [0.717, 1.165) is 0 Å². The second-order valence-electron chi connectivity index (χ2n) is 7.68. The normalized spacial score (nSPS) is 23.8. The topological polar surface area (TPSA) is 35.5 Å². The van der Waals surface area contributed by atoms with Crippen LogP contribution >= 0.6 is 0 Å². The van der Waals surface area contributed by atoms with Gasteiger partial charge in [-0.3, -0.25) is 4.79 Å². The summed E-state index contributed by atoms with van der Waals surface area (Å²) in [5.41, 5.74) is 0. The van der Waals surface area contributed by atoms with E-state index >= 15 is 0 Å². The molecule has 0 unspecified atom stereocenters. The summed E-state index contributed by atoms with van der Waals surface area (Å²) < 4.78 is 11.8. The molecular weight excluding hydrogens is 256 g/mol. The summed E-state index contributed by atoms with van der Waals surface area (Å²) in [6.45, 7) is 17.8. The highest BCUT2D eigenvalue weighted by Crippen LogP contribution is 2.40. The summed E-state index contributed by atoms with van der Waals surface area (Å²) in [6.07, 6.45) is 0.759. The summed E-state index contributed by atoms with van der Waals surface area (Å²) in [5, 5.41) is 0.205. The Morgan fingerprint density at radius 2 is 1.74 bits per heavy atom. The van der Waals surface area contributed by atoms with E-state index in [0.29, 0.717) is 12.3 Å². The summed E-state index contributed by atoms with van der Waals surface area (Å²) >= 11 is 0. The molecule has 1 aliphatic heterocycles. The van der Waals surface area contributed by atoms with Crippen LogP contribution in [0.2, 0.25) is 18.1 Å². The van der Waals surface area contributed by atoms with Crippen LogP contribution in [0.3, 0.4) is 0 Å². The summed E-state index contributed by atoms with van der Waals surface area (Å²) in [5.74, 6) is 0.627. The Labute approximate surface area is 119 Å². The van der Waals surface area contributed by atoms with E-state index in [-0.39, 0.29) is 29.1 Å². The maximum Gasteiger partial charge on any atom is 0.309 e. The third kappa shape index (κ3) is 3.82. The van der Waals surface area contributed by atoms with Gasteiger partial charge in [-0.05, 0) is 24.1 Å². The van der Waals surface area contributed by atoms with Crippen LogP contribution in [0.4, 0.5) is 0 Å². The van der Waals surface area contributed by atoms with Crippen molar-refractivity contribution >= 4 is 14.3 Å². The van der Waals surface area contributed by atoms with E-state index < -0.39 is 8.32 Å². The zero-order chi connectivity index (χ0) is 15.0.